The number of hydrogen-bond donors (Lipinski definition) is 4. The molecule has 6 rings (SSSR count). The molecule has 4 atom stereocenters. The number of rotatable bonds is 10. The van der Waals surface area contributed by atoms with Crippen LogP contribution in [-0.4, -0.2) is 60.4 Å². The number of aliphatic hydroxyl groups excluding tert-OH is 2. The van der Waals surface area contributed by atoms with Crippen molar-refractivity contribution in [1.29, 1.82) is 0 Å². The SMILES string of the molecule is O=C(CCc1ccccc1)N[C@H]1C[C@@H](n2cnc3c(NCC(c4ccccc4)c4ccccc4)nc(Cl)nc32)[C@H](O)[C@@H]1O. The van der Waals surface area contributed by atoms with Crippen LogP contribution in [0, 0.1) is 0 Å². The molecule has 43 heavy (non-hydrogen) atoms. The lowest BCUT2D eigenvalue weighted by Gasteiger charge is -2.20. The van der Waals surface area contributed by atoms with Crippen LogP contribution >= 0.6 is 11.6 Å². The average Bonchev–Trinajstić information content (AvgIpc) is 3.57. The summed E-state index contributed by atoms with van der Waals surface area (Å²) in [6, 6.07) is 29.0. The molecular weight excluding hydrogens is 564 g/mol. The minimum atomic E-state index is -1.14. The van der Waals surface area contributed by atoms with Crippen molar-refractivity contribution in [1.82, 2.24) is 24.8 Å². The summed E-state index contributed by atoms with van der Waals surface area (Å²) in [5, 5.41) is 28.2. The fraction of sp³-hybridized carbons (Fsp3) is 0.273. The summed E-state index contributed by atoms with van der Waals surface area (Å²) in [6.07, 6.45) is 0.478. The molecule has 10 heteroatoms. The normalized spacial score (nSPS) is 20.0. The summed E-state index contributed by atoms with van der Waals surface area (Å²) in [4.78, 5) is 26.1. The van der Waals surface area contributed by atoms with Crippen molar-refractivity contribution in [2.24, 2.45) is 0 Å². The summed E-state index contributed by atoms with van der Waals surface area (Å²) in [5.41, 5.74) is 4.31. The number of carbonyl (C=O) groups is 1. The Hall–Kier alpha value is -4.31. The van der Waals surface area contributed by atoms with Gasteiger partial charge in [0.25, 0.3) is 0 Å². The number of nitrogens with zero attached hydrogens (tertiary/aromatic N) is 4. The Balaban J connectivity index is 1.19. The first-order valence-electron chi connectivity index (χ1n) is 14.4. The van der Waals surface area contributed by atoms with Crippen molar-refractivity contribution in [2.45, 2.75) is 49.5 Å². The monoisotopic (exact) mass is 596 g/mol. The highest BCUT2D eigenvalue weighted by Gasteiger charge is 2.43. The molecule has 2 aromatic heterocycles. The molecule has 1 saturated carbocycles. The van der Waals surface area contributed by atoms with Gasteiger partial charge in [0.05, 0.1) is 18.4 Å². The van der Waals surface area contributed by atoms with Crippen molar-refractivity contribution in [2.75, 3.05) is 11.9 Å². The third-order valence-corrected chi connectivity index (χ3v) is 8.28. The third-order valence-electron chi connectivity index (χ3n) is 8.11. The number of fused-ring (bicyclic) bond motifs is 1. The van der Waals surface area contributed by atoms with Gasteiger partial charge in [0.15, 0.2) is 17.0 Å². The van der Waals surface area contributed by atoms with Crippen LogP contribution in [0.25, 0.3) is 11.2 Å². The minimum absolute atomic E-state index is 0.0338. The Morgan fingerprint density at radius 1 is 0.907 bits per heavy atom. The molecule has 1 aliphatic carbocycles. The number of nitrogens with one attached hydrogen (secondary N) is 2. The number of aryl methyl sites for hydroxylation is 1. The lowest BCUT2D eigenvalue weighted by Crippen LogP contribution is -2.43. The standard InChI is InChI=1S/C33H33ClN6O3/c34-33-38-31(35-19-24(22-12-6-2-7-13-22)23-14-8-3-9-15-23)28-32(39-33)40(20-36-28)26-18-25(29(42)30(26)43)37-27(41)17-16-21-10-4-1-5-11-21/h1-15,20,24-26,29-30,42-43H,16-19H2,(H,37,41)(H,35,38,39)/t25-,26+,29+,30-/m0/s1. The van der Waals surface area contributed by atoms with Gasteiger partial charge in [-0.2, -0.15) is 9.97 Å². The van der Waals surface area contributed by atoms with Crippen LogP contribution < -0.4 is 10.6 Å². The van der Waals surface area contributed by atoms with Gasteiger partial charge in [-0.1, -0.05) is 91.0 Å². The Labute approximate surface area is 254 Å². The molecule has 1 fully saturated rings. The molecule has 0 aliphatic heterocycles. The molecule has 1 aliphatic rings. The van der Waals surface area contributed by atoms with Gasteiger partial charge in [-0.15, -0.1) is 0 Å². The van der Waals surface area contributed by atoms with Gasteiger partial charge in [0.1, 0.15) is 12.2 Å². The highest BCUT2D eigenvalue weighted by Crippen LogP contribution is 2.35. The lowest BCUT2D eigenvalue weighted by molar-refractivity contribution is -0.122. The van der Waals surface area contributed by atoms with E-state index in [0.717, 1.165) is 16.7 Å². The van der Waals surface area contributed by atoms with Crippen LogP contribution in [0.15, 0.2) is 97.3 Å². The Morgan fingerprint density at radius 3 is 2.19 bits per heavy atom. The number of aliphatic hydroxyl groups is 2. The predicted octanol–water partition coefficient (Wildman–Crippen LogP) is 4.51. The maximum absolute atomic E-state index is 12.7. The number of amides is 1. The Bertz CT molecular complexity index is 1630. The predicted molar refractivity (Wildman–Crippen MR) is 166 cm³/mol. The zero-order chi connectivity index (χ0) is 29.8. The Kier molecular flexibility index (Phi) is 8.64. The molecule has 0 radical (unpaired) electrons. The largest absolute Gasteiger partial charge is 0.388 e. The van der Waals surface area contributed by atoms with E-state index in [0.29, 0.717) is 36.4 Å². The fourth-order valence-electron chi connectivity index (χ4n) is 5.86. The summed E-state index contributed by atoms with van der Waals surface area (Å²) in [7, 11) is 0. The highest BCUT2D eigenvalue weighted by molar-refractivity contribution is 6.28. The molecule has 0 saturated heterocycles. The number of halogens is 1. The molecule has 220 valence electrons. The molecular formula is C33H33ClN6O3. The number of carbonyl (C=O) groups excluding carboxylic acids is 1. The molecule has 5 aromatic rings. The van der Waals surface area contributed by atoms with Crippen molar-refractivity contribution in [3.8, 4) is 0 Å². The first-order valence-corrected chi connectivity index (χ1v) is 14.8. The van der Waals surface area contributed by atoms with Crippen LogP contribution in [0.4, 0.5) is 5.82 Å². The van der Waals surface area contributed by atoms with Crippen LogP contribution in [0.1, 0.15) is 41.5 Å². The van der Waals surface area contributed by atoms with Crippen LogP contribution in [-0.2, 0) is 11.2 Å². The van der Waals surface area contributed by atoms with E-state index in [1.54, 1.807) is 10.9 Å². The molecule has 9 nitrogen and oxygen atoms in total. The van der Waals surface area contributed by atoms with E-state index in [4.69, 9.17) is 11.6 Å². The maximum atomic E-state index is 12.7. The van der Waals surface area contributed by atoms with E-state index in [1.165, 1.54) is 0 Å². The zero-order valence-electron chi connectivity index (χ0n) is 23.4. The van der Waals surface area contributed by atoms with E-state index in [2.05, 4.69) is 49.9 Å². The molecule has 4 N–H and O–H groups in total. The molecule has 2 heterocycles. The van der Waals surface area contributed by atoms with Gasteiger partial charge in [-0.05, 0) is 41.1 Å². The number of anilines is 1. The highest BCUT2D eigenvalue weighted by atomic mass is 35.5. The lowest BCUT2D eigenvalue weighted by atomic mass is 9.91. The van der Waals surface area contributed by atoms with Gasteiger partial charge in [-0.3, -0.25) is 4.79 Å². The van der Waals surface area contributed by atoms with E-state index in [1.807, 2.05) is 66.7 Å². The second-order valence-electron chi connectivity index (χ2n) is 10.9. The van der Waals surface area contributed by atoms with Gasteiger partial charge in [-0.25, -0.2) is 4.98 Å². The molecule has 3 aromatic carbocycles. The summed E-state index contributed by atoms with van der Waals surface area (Å²) < 4.78 is 1.71. The van der Waals surface area contributed by atoms with Crippen molar-refractivity contribution in [3.05, 3.63) is 119 Å². The topological polar surface area (TPSA) is 125 Å². The van der Waals surface area contributed by atoms with Gasteiger partial charge < -0.3 is 25.4 Å². The first kappa shape index (κ1) is 28.8. The first-order chi connectivity index (χ1) is 21.0. The van der Waals surface area contributed by atoms with Gasteiger partial charge in [0, 0.05) is 18.9 Å². The van der Waals surface area contributed by atoms with Gasteiger partial charge in [0.2, 0.25) is 11.2 Å². The van der Waals surface area contributed by atoms with E-state index < -0.39 is 24.3 Å². The van der Waals surface area contributed by atoms with Crippen LogP contribution in [0.2, 0.25) is 5.28 Å². The number of benzene rings is 3. The number of hydrogen-bond acceptors (Lipinski definition) is 7. The van der Waals surface area contributed by atoms with E-state index in [-0.39, 0.29) is 23.5 Å². The molecule has 0 unspecified atom stereocenters. The zero-order valence-corrected chi connectivity index (χ0v) is 24.2. The molecule has 0 spiro atoms. The van der Waals surface area contributed by atoms with Crippen LogP contribution in [0.3, 0.4) is 0 Å². The Morgan fingerprint density at radius 2 is 1.53 bits per heavy atom. The van der Waals surface area contributed by atoms with E-state index >= 15 is 0 Å². The van der Waals surface area contributed by atoms with E-state index in [9.17, 15) is 15.0 Å². The average molecular weight is 597 g/mol. The molecule has 0 bridgehead atoms. The second kappa shape index (κ2) is 12.9. The third kappa shape index (κ3) is 6.39. The minimum Gasteiger partial charge on any atom is -0.388 e. The summed E-state index contributed by atoms with van der Waals surface area (Å²) in [6.45, 7) is 0.533. The summed E-state index contributed by atoms with van der Waals surface area (Å²) >= 11 is 6.38. The van der Waals surface area contributed by atoms with Crippen LogP contribution in [0.5, 0.6) is 0 Å². The smallest absolute Gasteiger partial charge is 0.226 e. The van der Waals surface area contributed by atoms with Crippen molar-refractivity contribution in [3.63, 3.8) is 0 Å². The fourth-order valence-corrected chi connectivity index (χ4v) is 6.03. The van der Waals surface area contributed by atoms with Crippen molar-refractivity contribution >= 4 is 34.5 Å². The summed E-state index contributed by atoms with van der Waals surface area (Å²) in [5.74, 6) is 0.343. The quantitative estimate of drug-likeness (QED) is 0.175. The number of aromatic nitrogens is 4. The second-order valence-corrected chi connectivity index (χ2v) is 11.2. The molecule has 1 amide bonds. The number of imidazole rings is 1. The van der Waals surface area contributed by atoms with Gasteiger partial charge >= 0.3 is 0 Å². The maximum Gasteiger partial charge on any atom is 0.226 e. The van der Waals surface area contributed by atoms with Crippen molar-refractivity contribution < 1.29 is 15.0 Å².